The van der Waals surface area contributed by atoms with Crippen LogP contribution in [-0.2, 0) is 4.79 Å². The number of carboxylic acids is 1. The average Bonchev–Trinajstić information content (AvgIpc) is 2.49. The summed E-state index contributed by atoms with van der Waals surface area (Å²) in [5.74, 6) is -0.669. The van der Waals surface area contributed by atoms with Crippen molar-refractivity contribution in [3.05, 3.63) is 0 Å². The van der Waals surface area contributed by atoms with Gasteiger partial charge in [0.05, 0.1) is 0 Å². The van der Waals surface area contributed by atoms with Crippen molar-refractivity contribution in [3.8, 4) is 0 Å². The number of aliphatic carboxylic acids is 1. The lowest BCUT2D eigenvalue weighted by atomic mass is 10.0. The van der Waals surface area contributed by atoms with Crippen LogP contribution in [0, 0.1) is 0 Å². The molecule has 0 amide bonds. The molecule has 0 aromatic rings. The fraction of sp³-hybridized carbons (Fsp3) is 0.944. The highest BCUT2D eigenvalue weighted by Gasteiger charge is 2.14. The van der Waals surface area contributed by atoms with Crippen molar-refractivity contribution in [1.29, 1.82) is 0 Å². The van der Waals surface area contributed by atoms with Crippen molar-refractivity contribution in [2.45, 2.75) is 106 Å². The first kappa shape index (κ1) is 22.4. The van der Waals surface area contributed by atoms with Crippen LogP contribution in [0.4, 0.5) is 0 Å². The number of alkyl halides is 2. The van der Waals surface area contributed by atoms with Gasteiger partial charge in [-0.05, 0) is 19.3 Å². The molecule has 0 heterocycles. The maximum Gasteiger partial charge on any atom is 0.303 e. The van der Waals surface area contributed by atoms with E-state index in [1.165, 1.54) is 64.2 Å². The maximum absolute atomic E-state index is 10.4. The van der Waals surface area contributed by atoms with Gasteiger partial charge in [-0.1, -0.05) is 103 Å². The lowest BCUT2D eigenvalue weighted by molar-refractivity contribution is -0.137. The zero-order valence-corrected chi connectivity index (χ0v) is 17.3. The first-order valence-corrected chi connectivity index (χ1v) is 10.9. The molecule has 0 aromatic heterocycles. The van der Waals surface area contributed by atoms with Crippen molar-refractivity contribution in [2.75, 3.05) is 0 Å². The Balaban J connectivity index is 3.38. The van der Waals surface area contributed by atoms with Crippen molar-refractivity contribution < 1.29 is 9.90 Å². The Kier molecular flexibility index (Phi) is 16.6. The van der Waals surface area contributed by atoms with Gasteiger partial charge in [-0.25, -0.2) is 0 Å². The average molecular weight is 442 g/mol. The molecule has 0 aromatic carbocycles. The topological polar surface area (TPSA) is 37.3 Å². The van der Waals surface area contributed by atoms with Gasteiger partial charge in [0, 0.05) is 16.1 Å². The number of hydrogen-bond acceptors (Lipinski definition) is 1. The summed E-state index contributed by atoms with van der Waals surface area (Å²) < 4.78 is 0. The summed E-state index contributed by atoms with van der Waals surface area (Å²) in [6.07, 6.45) is 16.5. The second kappa shape index (κ2) is 16.3. The normalized spacial score (nSPS) is 14.0. The summed E-state index contributed by atoms with van der Waals surface area (Å²) in [5.41, 5.74) is 0. The second-order valence-electron chi connectivity index (χ2n) is 6.29. The molecule has 0 bridgehead atoms. The molecular formula is C18H34Br2O2. The highest BCUT2D eigenvalue weighted by molar-refractivity contribution is 9.12. The summed E-state index contributed by atoms with van der Waals surface area (Å²) in [7, 11) is 0. The minimum Gasteiger partial charge on any atom is -0.481 e. The van der Waals surface area contributed by atoms with E-state index in [9.17, 15) is 4.79 Å². The first-order valence-electron chi connectivity index (χ1n) is 9.07. The largest absolute Gasteiger partial charge is 0.481 e. The molecule has 0 saturated carbocycles. The fourth-order valence-corrected chi connectivity index (χ4v) is 3.80. The molecular weight excluding hydrogens is 408 g/mol. The molecule has 22 heavy (non-hydrogen) atoms. The number of rotatable bonds is 16. The Morgan fingerprint density at radius 1 is 0.773 bits per heavy atom. The van der Waals surface area contributed by atoms with Crippen LogP contribution in [0.1, 0.15) is 96.8 Å². The molecule has 2 nitrogen and oxygen atoms in total. The summed E-state index contributed by atoms with van der Waals surface area (Å²) >= 11 is 7.64. The molecule has 1 N–H and O–H groups in total. The minimum absolute atomic E-state index is 0.322. The summed E-state index contributed by atoms with van der Waals surface area (Å²) in [6, 6.07) is 0. The van der Waals surface area contributed by atoms with Crippen LogP contribution in [-0.4, -0.2) is 20.7 Å². The molecule has 0 aliphatic carbocycles. The molecule has 0 aliphatic heterocycles. The van der Waals surface area contributed by atoms with E-state index in [1.807, 2.05) is 0 Å². The zero-order chi connectivity index (χ0) is 16.6. The Bertz CT molecular complexity index is 259. The van der Waals surface area contributed by atoms with Crippen LogP contribution < -0.4 is 0 Å². The van der Waals surface area contributed by atoms with Gasteiger partial charge >= 0.3 is 5.97 Å². The van der Waals surface area contributed by atoms with E-state index in [0.717, 1.165) is 19.3 Å². The maximum atomic E-state index is 10.4. The number of carboxylic acid groups (broad SMARTS) is 1. The summed E-state index contributed by atoms with van der Waals surface area (Å²) in [5, 5.41) is 8.57. The van der Waals surface area contributed by atoms with Crippen LogP contribution in [0.25, 0.3) is 0 Å². The third kappa shape index (κ3) is 15.3. The Labute approximate surface area is 154 Å². The van der Waals surface area contributed by atoms with Gasteiger partial charge in [0.25, 0.3) is 0 Å². The Morgan fingerprint density at radius 3 is 1.64 bits per heavy atom. The number of unbranched alkanes of at least 4 members (excludes halogenated alkanes) is 9. The third-order valence-corrected chi connectivity index (χ3v) is 7.00. The Morgan fingerprint density at radius 2 is 1.18 bits per heavy atom. The van der Waals surface area contributed by atoms with Crippen LogP contribution in [0.2, 0.25) is 0 Å². The van der Waals surface area contributed by atoms with Gasteiger partial charge in [-0.3, -0.25) is 4.79 Å². The summed E-state index contributed by atoms with van der Waals surface area (Å²) in [6.45, 7) is 2.26. The van der Waals surface area contributed by atoms with Gasteiger partial charge < -0.3 is 5.11 Å². The SMILES string of the molecule is CCCCCCCCC(Br)C(Br)CCCCCCCC(=O)O. The molecule has 132 valence electrons. The van der Waals surface area contributed by atoms with Gasteiger partial charge in [0.15, 0.2) is 0 Å². The molecule has 2 unspecified atom stereocenters. The predicted molar refractivity (Wildman–Crippen MR) is 103 cm³/mol. The third-order valence-electron chi connectivity index (χ3n) is 4.10. The number of hydrogen-bond donors (Lipinski definition) is 1. The Hall–Kier alpha value is 0.430. The quantitative estimate of drug-likeness (QED) is 0.205. The highest BCUT2D eigenvalue weighted by atomic mass is 79.9. The van der Waals surface area contributed by atoms with E-state index in [-0.39, 0.29) is 0 Å². The van der Waals surface area contributed by atoms with Gasteiger partial charge in [-0.2, -0.15) is 0 Å². The molecule has 4 heteroatoms. The molecule has 0 spiro atoms. The zero-order valence-electron chi connectivity index (χ0n) is 14.2. The number of halogens is 2. The van der Waals surface area contributed by atoms with E-state index in [2.05, 4.69) is 38.8 Å². The van der Waals surface area contributed by atoms with E-state index in [4.69, 9.17) is 5.11 Å². The monoisotopic (exact) mass is 440 g/mol. The smallest absolute Gasteiger partial charge is 0.303 e. The van der Waals surface area contributed by atoms with Crippen molar-refractivity contribution in [1.82, 2.24) is 0 Å². The highest BCUT2D eigenvalue weighted by Crippen LogP contribution is 2.25. The van der Waals surface area contributed by atoms with Crippen LogP contribution >= 0.6 is 31.9 Å². The van der Waals surface area contributed by atoms with Gasteiger partial charge in [-0.15, -0.1) is 0 Å². The van der Waals surface area contributed by atoms with E-state index < -0.39 is 5.97 Å². The standard InChI is InChI=1S/C18H34Br2O2/c1-2-3-4-5-7-10-13-16(19)17(20)14-11-8-6-9-12-15-18(21)22/h16-17H,2-15H2,1H3,(H,21,22). The molecule has 0 fully saturated rings. The lowest BCUT2D eigenvalue weighted by Crippen LogP contribution is -2.13. The predicted octanol–water partition coefficient (Wildman–Crippen LogP) is 7.08. The van der Waals surface area contributed by atoms with E-state index in [1.54, 1.807) is 0 Å². The van der Waals surface area contributed by atoms with Crippen molar-refractivity contribution >= 4 is 37.8 Å². The first-order chi connectivity index (χ1) is 10.6. The van der Waals surface area contributed by atoms with Crippen molar-refractivity contribution in [2.24, 2.45) is 0 Å². The van der Waals surface area contributed by atoms with Gasteiger partial charge in [0.1, 0.15) is 0 Å². The second-order valence-corrected chi connectivity index (χ2v) is 8.64. The lowest BCUT2D eigenvalue weighted by Gasteiger charge is -2.16. The number of carbonyl (C=O) groups is 1. The van der Waals surface area contributed by atoms with E-state index in [0.29, 0.717) is 16.1 Å². The van der Waals surface area contributed by atoms with Gasteiger partial charge in [0.2, 0.25) is 0 Å². The molecule has 0 rings (SSSR count). The van der Waals surface area contributed by atoms with Crippen LogP contribution in [0.15, 0.2) is 0 Å². The van der Waals surface area contributed by atoms with E-state index >= 15 is 0 Å². The molecule has 0 radical (unpaired) electrons. The molecule has 2 atom stereocenters. The minimum atomic E-state index is -0.669. The van der Waals surface area contributed by atoms with Crippen LogP contribution in [0.3, 0.4) is 0 Å². The summed E-state index contributed by atoms with van der Waals surface area (Å²) in [4.78, 5) is 11.6. The molecule has 0 saturated heterocycles. The molecule has 0 aliphatic rings. The van der Waals surface area contributed by atoms with Crippen molar-refractivity contribution in [3.63, 3.8) is 0 Å². The fourth-order valence-electron chi connectivity index (χ4n) is 2.63. The van der Waals surface area contributed by atoms with Crippen LogP contribution in [0.5, 0.6) is 0 Å².